The van der Waals surface area contributed by atoms with Crippen molar-refractivity contribution < 1.29 is 9.59 Å². The molecule has 2 amide bonds. The second-order valence-electron chi connectivity index (χ2n) is 3.20. The Morgan fingerprint density at radius 3 is 2.69 bits per heavy atom. The van der Waals surface area contributed by atoms with Gasteiger partial charge in [0.25, 0.3) is 5.91 Å². The van der Waals surface area contributed by atoms with Crippen molar-refractivity contribution in [3.63, 3.8) is 0 Å². The molecule has 0 aliphatic carbocycles. The van der Waals surface area contributed by atoms with Crippen LogP contribution in [0.1, 0.15) is 23.8 Å². The fourth-order valence-corrected chi connectivity index (χ4v) is 1.07. The van der Waals surface area contributed by atoms with Gasteiger partial charge >= 0.3 is 0 Å². The van der Waals surface area contributed by atoms with Crippen LogP contribution in [0.25, 0.3) is 0 Å². The number of carbonyl (C=O) groups is 2. The topological polar surface area (TPSA) is 129 Å². The molecule has 88 valence electrons. The molecule has 0 aromatic carbocycles. The molecule has 0 aliphatic heterocycles. The lowest BCUT2D eigenvalue weighted by Gasteiger charge is -2.04. The average Bonchev–Trinajstić information content (AvgIpc) is 2.57. The van der Waals surface area contributed by atoms with Crippen molar-refractivity contribution >= 4 is 17.6 Å². The van der Waals surface area contributed by atoms with E-state index in [1.807, 2.05) is 6.92 Å². The van der Waals surface area contributed by atoms with Gasteiger partial charge in [-0.05, 0) is 6.42 Å². The minimum atomic E-state index is -0.766. The fourth-order valence-electron chi connectivity index (χ4n) is 1.07. The van der Waals surface area contributed by atoms with E-state index in [4.69, 9.17) is 11.5 Å². The molecule has 5 N–H and O–H groups in total. The first-order valence-electron chi connectivity index (χ1n) is 4.81. The van der Waals surface area contributed by atoms with Gasteiger partial charge in [0, 0.05) is 6.54 Å². The highest BCUT2D eigenvalue weighted by Gasteiger charge is 2.15. The Hall–Kier alpha value is -2.12. The second kappa shape index (κ2) is 5.10. The largest absolute Gasteiger partial charge is 0.382 e. The first kappa shape index (κ1) is 12.0. The normalized spacial score (nSPS) is 10.1. The van der Waals surface area contributed by atoms with E-state index < -0.39 is 5.91 Å². The van der Waals surface area contributed by atoms with Crippen molar-refractivity contribution in [3.05, 3.63) is 5.69 Å². The van der Waals surface area contributed by atoms with Crippen LogP contribution in [0, 0.1) is 0 Å². The lowest BCUT2D eigenvalue weighted by Crippen LogP contribution is -2.29. The third-order valence-corrected chi connectivity index (χ3v) is 1.87. The maximum atomic E-state index is 11.3. The molecule has 0 saturated carbocycles. The molecule has 1 heterocycles. The van der Waals surface area contributed by atoms with Crippen molar-refractivity contribution in [2.45, 2.75) is 19.9 Å². The van der Waals surface area contributed by atoms with Gasteiger partial charge in [-0.15, -0.1) is 5.10 Å². The maximum absolute atomic E-state index is 11.3. The molecular formula is C8H14N6O2. The van der Waals surface area contributed by atoms with Crippen molar-refractivity contribution in [2.75, 3.05) is 12.3 Å². The van der Waals surface area contributed by atoms with E-state index in [0.29, 0.717) is 6.54 Å². The molecule has 0 spiro atoms. The molecule has 0 fully saturated rings. The predicted molar refractivity (Wildman–Crippen MR) is 56.3 cm³/mol. The molecule has 1 aromatic rings. The van der Waals surface area contributed by atoms with Crippen molar-refractivity contribution in [1.82, 2.24) is 20.3 Å². The van der Waals surface area contributed by atoms with Crippen molar-refractivity contribution in [3.8, 4) is 0 Å². The smallest absolute Gasteiger partial charge is 0.273 e. The Morgan fingerprint density at radius 1 is 1.50 bits per heavy atom. The number of aromatic nitrogens is 3. The van der Waals surface area contributed by atoms with Crippen LogP contribution in [0.2, 0.25) is 0 Å². The molecule has 0 saturated heterocycles. The van der Waals surface area contributed by atoms with E-state index >= 15 is 0 Å². The van der Waals surface area contributed by atoms with Gasteiger partial charge in [0.1, 0.15) is 6.54 Å². The number of anilines is 1. The Bertz CT molecular complexity index is 399. The predicted octanol–water partition coefficient (Wildman–Crippen LogP) is -1.51. The van der Waals surface area contributed by atoms with Crippen molar-refractivity contribution in [1.29, 1.82) is 0 Å². The van der Waals surface area contributed by atoms with E-state index in [0.717, 1.165) is 11.1 Å². The van der Waals surface area contributed by atoms with Gasteiger partial charge in [-0.3, -0.25) is 9.59 Å². The third kappa shape index (κ3) is 2.69. The van der Waals surface area contributed by atoms with Crippen LogP contribution in [0.4, 0.5) is 5.82 Å². The number of nitrogens with zero attached hydrogens (tertiary/aromatic N) is 3. The first-order valence-corrected chi connectivity index (χ1v) is 4.81. The lowest BCUT2D eigenvalue weighted by atomic mass is 10.4. The lowest BCUT2D eigenvalue weighted by molar-refractivity contribution is -0.121. The first-order chi connectivity index (χ1) is 7.56. The summed E-state index contributed by atoms with van der Waals surface area (Å²) >= 11 is 0. The van der Waals surface area contributed by atoms with Gasteiger partial charge in [-0.2, -0.15) is 0 Å². The Balaban J connectivity index is 2.68. The number of nitrogens with two attached hydrogens (primary N) is 2. The fraction of sp³-hybridized carbons (Fsp3) is 0.500. The van der Waals surface area contributed by atoms with Crippen molar-refractivity contribution in [2.24, 2.45) is 5.73 Å². The Morgan fingerprint density at radius 2 is 2.19 bits per heavy atom. The number of amides is 2. The summed E-state index contributed by atoms with van der Waals surface area (Å²) in [4.78, 5) is 22.1. The molecule has 0 bridgehead atoms. The SMILES string of the molecule is CCCNC(=O)Cn1nnc(C(N)=O)c1N. The van der Waals surface area contributed by atoms with Crippen LogP contribution in [0.15, 0.2) is 0 Å². The van der Waals surface area contributed by atoms with Gasteiger partial charge in [0.2, 0.25) is 5.91 Å². The molecule has 8 nitrogen and oxygen atoms in total. The molecular weight excluding hydrogens is 212 g/mol. The maximum Gasteiger partial charge on any atom is 0.273 e. The highest BCUT2D eigenvalue weighted by atomic mass is 16.2. The molecule has 1 aromatic heterocycles. The summed E-state index contributed by atoms with van der Waals surface area (Å²) in [5, 5.41) is 9.69. The van der Waals surface area contributed by atoms with Crippen LogP contribution >= 0.6 is 0 Å². The summed E-state index contributed by atoms with van der Waals surface area (Å²) in [5.41, 5.74) is 10.4. The van der Waals surface area contributed by atoms with E-state index in [1.54, 1.807) is 0 Å². The number of hydrogen-bond acceptors (Lipinski definition) is 5. The van der Waals surface area contributed by atoms with Gasteiger partial charge in [-0.1, -0.05) is 12.1 Å². The number of nitrogens with one attached hydrogen (secondary N) is 1. The highest BCUT2D eigenvalue weighted by Crippen LogP contribution is 2.05. The van der Waals surface area contributed by atoms with Gasteiger partial charge < -0.3 is 16.8 Å². The number of primary amides is 1. The zero-order valence-corrected chi connectivity index (χ0v) is 8.93. The molecule has 8 heteroatoms. The van der Waals surface area contributed by atoms with Crippen LogP contribution in [0.3, 0.4) is 0 Å². The van der Waals surface area contributed by atoms with Gasteiger partial charge in [-0.25, -0.2) is 4.68 Å². The summed E-state index contributed by atoms with van der Waals surface area (Å²) in [5.74, 6) is -1.01. The number of nitrogen functional groups attached to an aromatic ring is 1. The Labute approximate surface area is 92.0 Å². The summed E-state index contributed by atoms with van der Waals surface area (Å²) < 4.78 is 1.13. The molecule has 0 aliphatic rings. The molecule has 0 atom stereocenters. The van der Waals surface area contributed by atoms with Crippen LogP contribution in [-0.2, 0) is 11.3 Å². The van der Waals surface area contributed by atoms with Crippen LogP contribution in [0.5, 0.6) is 0 Å². The minimum absolute atomic E-state index is 0.000788. The van der Waals surface area contributed by atoms with E-state index in [9.17, 15) is 9.59 Å². The zero-order valence-electron chi connectivity index (χ0n) is 8.93. The highest BCUT2D eigenvalue weighted by molar-refractivity contribution is 5.95. The second-order valence-corrected chi connectivity index (χ2v) is 3.20. The van der Waals surface area contributed by atoms with Gasteiger partial charge in [0.05, 0.1) is 0 Å². The minimum Gasteiger partial charge on any atom is -0.382 e. The van der Waals surface area contributed by atoms with E-state index in [-0.39, 0.29) is 24.0 Å². The number of hydrogen-bond donors (Lipinski definition) is 3. The van der Waals surface area contributed by atoms with E-state index in [1.165, 1.54) is 0 Å². The number of rotatable bonds is 5. The molecule has 16 heavy (non-hydrogen) atoms. The molecule has 0 unspecified atom stereocenters. The monoisotopic (exact) mass is 226 g/mol. The number of carbonyl (C=O) groups excluding carboxylic acids is 2. The standard InChI is InChI=1S/C8H14N6O2/c1-2-3-11-5(15)4-14-7(9)6(8(10)16)12-13-14/h2-4,9H2,1H3,(H2,10,16)(H,11,15). The summed E-state index contributed by atoms with van der Waals surface area (Å²) in [6.45, 7) is 2.44. The van der Waals surface area contributed by atoms with E-state index in [2.05, 4.69) is 15.6 Å². The quantitative estimate of drug-likeness (QED) is 0.561. The Kier molecular flexibility index (Phi) is 3.81. The van der Waals surface area contributed by atoms with Crippen LogP contribution < -0.4 is 16.8 Å². The van der Waals surface area contributed by atoms with Crippen LogP contribution in [-0.4, -0.2) is 33.4 Å². The zero-order chi connectivity index (χ0) is 12.1. The summed E-state index contributed by atoms with van der Waals surface area (Å²) in [6, 6.07) is 0. The third-order valence-electron chi connectivity index (χ3n) is 1.87. The van der Waals surface area contributed by atoms with Gasteiger partial charge in [0.15, 0.2) is 11.5 Å². The molecule has 1 rings (SSSR count). The summed E-state index contributed by atoms with van der Waals surface area (Å²) in [6.07, 6.45) is 0.838. The average molecular weight is 226 g/mol. The summed E-state index contributed by atoms with van der Waals surface area (Å²) in [7, 11) is 0. The molecule has 0 radical (unpaired) electrons.